The summed E-state index contributed by atoms with van der Waals surface area (Å²) >= 11 is 6.17. The predicted molar refractivity (Wildman–Crippen MR) is 87.4 cm³/mol. The molecule has 2 aliphatic rings. The Morgan fingerprint density at radius 1 is 1.21 bits per heavy atom. The normalized spacial score (nSPS) is 24.8. The molecule has 0 aliphatic carbocycles. The fraction of sp³-hybridized carbons (Fsp3) is 0.389. The summed E-state index contributed by atoms with van der Waals surface area (Å²) in [6, 6.07) is 10.4. The standard InChI is InChI=1S/C18H18ClFN2O.ClH/c19-15-3-1-4-16(20)14(15)11-21-8-12-7-13(10-21)17-5-2-6-18(23)22(17)9-12;/h1-6,12-13H,7-11H2;1H. The van der Waals surface area contributed by atoms with Crippen LogP contribution < -0.4 is 22.9 Å². The summed E-state index contributed by atoms with van der Waals surface area (Å²) < 4.78 is 16.0. The lowest BCUT2D eigenvalue weighted by molar-refractivity contribution is -0.924. The molecule has 0 amide bonds. The minimum absolute atomic E-state index is 0. The summed E-state index contributed by atoms with van der Waals surface area (Å²) in [4.78, 5) is 13.4. The largest absolute Gasteiger partial charge is 1.00 e. The molecule has 6 heteroatoms. The van der Waals surface area contributed by atoms with E-state index in [2.05, 4.69) is 6.07 Å². The second-order valence-electron chi connectivity index (χ2n) is 6.73. The third-order valence-electron chi connectivity index (χ3n) is 5.16. The van der Waals surface area contributed by atoms with Gasteiger partial charge in [-0.05, 0) is 24.6 Å². The number of rotatable bonds is 2. The zero-order valence-corrected chi connectivity index (χ0v) is 14.7. The van der Waals surface area contributed by atoms with Crippen LogP contribution in [0, 0.1) is 11.7 Å². The van der Waals surface area contributed by atoms with Crippen molar-refractivity contribution in [2.24, 2.45) is 5.92 Å². The predicted octanol–water partition coefficient (Wildman–Crippen LogP) is -1.15. The minimum atomic E-state index is -0.225. The third-order valence-corrected chi connectivity index (χ3v) is 5.52. The van der Waals surface area contributed by atoms with Crippen molar-refractivity contribution in [1.29, 1.82) is 0 Å². The second-order valence-corrected chi connectivity index (χ2v) is 7.14. The fourth-order valence-electron chi connectivity index (χ4n) is 4.22. The van der Waals surface area contributed by atoms with Gasteiger partial charge in [-0.15, -0.1) is 0 Å². The molecule has 3 nitrogen and oxygen atoms in total. The van der Waals surface area contributed by atoms with Gasteiger partial charge in [-0.3, -0.25) is 4.79 Å². The number of pyridine rings is 1. The van der Waals surface area contributed by atoms with Crippen molar-refractivity contribution in [2.75, 3.05) is 13.1 Å². The van der Waals surface area contributed by atoms with Gasteiger partial charge < -0.3 is 21.9 Å². The number of likely N-dealkylation sites (tertiary alicyclic amines) is 1. The highest BCUT2D eigenvalue weighted by molar-refractivity contribution is 6.31. The summed E-state index contributed by atoms with van der Waals surface area (Å²) in [6.07, 6.45) is 1.12. The van der Waals surface area contributed by atoms with E-state index in [1.165, 1.54) is 11.0 Å². The van der Waals surface area contributed by atoms with Crippen LogP contribution in [0.15, 0.2) is 41.2 Å². The van der Waals surface area contributed by atoms with Crippen molar-refractivity contribution in [1.82, 2.24) is 4.57 Å². The van der Waals surface area contributed by atoms with Crippen LogP contribution in [0.2, 0.25) is 5.02 Å². The molecule has 3 heterocycles. The number of piperidine rings is 1. The molecule has 2 aliphatic heterocycles. The van der Waals surface area contributed by atoms with E-state index in [0.29, 0.717) is 29.0 Å². The molecule has 1 saturated heterocycles. The van der Waals surface area contributed by atoms with Crippen LogP contribution in [0.4, 0.5) is 4.39 Å². The number of quaternary nitrogens is 1. The Labute approximate surface area is 151 Å². The van der Waals surface area contributed by atoms with Crippen LogP contribution >= 0.6 is 11.6 Å². The lowest BCUT2D eigenvalue weighted by atomic mass is 9.83. The third kappa shape index (κ3) is 3.10. The van der Waals surface area contributed by atoms with Gasteiger partial charge in [0.15, 0.2) is 0 Å². The average Bonchev–Trinajstić information content (AvgIpc) is 2.52. The molecule has 1 aromatic heterocycles. The van der Waals surface area contributed by atoms with Crippen molar-refractivity contribution in [2.45, 2.75) is 25.4 Å². The average molecular weight is 369 g/mol. The highest BCUT2D eigenvalue weighted by Gasteiger charge is 2.37. The van der Waals surface area contributed by atoms with Gasteiger partial charge in [0, 0.05) is 30.1 Å². The van der Waals surface area contributed by atoms with Gasteiger partial charge in [0.2, 0.25) is 0 Å². The highest BCUT2D eigenvalue weighted by atomic mass is 35.5. The van der Waals surface area contributed by atoms with Crippen LogP contribution in [0.25, 0.3) is 0 Å². The molecule has 4 rings (SSSR count). The number of hydrogen-bond donors (Lipinski definition) is 1. The van der Waals surface area contributed by atoms with Gasteiger partial charge >= 0.3 is 0 Å². The number of fused-ring (bicyclic) bond motifs is 4. The molecule has 0 saturated carbocycles. The zero-order valence-electron chi connectivity index (χ0n) is 13.1. The molecule has 1 fully saturated rings. The summed E-state index contributed by atoms with van der Waals surface area (Å²) in [7, 11) is 0. The maximum absolute atomic E-state index is 14.0. The number of aromatic nitrogens is 1. The fourth-order valence-corrected chi connectivity index (χ4v) is 4.45. The molecule has 0 spiro atoms. The molecule has 2 bridgehead atoms. The minimum Gasteiger partial charge on any atom is -1.00 e. The van der Waals surface area contributed by atoms with Gasteiger partial charge in [0.1, 0.15) is 12.4 Å². The smallest absolute Gasteiger partial charge is 0.250 e. The molecule has 0 radical (unpaired) electrons. The number of benzene rings is 1. The van der Waals surface area contributed by atoms with Crippen LogP contribution in [0.5, 0.6) is 0 Å². The Morgan fingerprint density at radius 2 is 2.00 bits per heavy atom. The number of hydrogen-bond acceptors (Lipinski definition) is 1. The van der Waals surface area contributed by atoms with E-state index in [0.717, 1.165) is 31.7 Å². The van der Waals surface area contributed by atoms with E-state index in [4.69, 9.17) is 11.6 Å². The lowest BCUT2D eigenvalue weighted by Gasteiger charge is -2.40. The first-order valence-corrected chi connectivity index (χ1v) is 8.46. The molecule has 128 valence electrons. The summed E-state index contributed by atoms with van der Waals surface area (Å²) in [5.41, 5.74) is 1.83. The summed E-state index contributed by atoms with van der Waals surface area (Å²) in [5, 5.41) is 0.504. The first-order chi connectivity index (χ1) is 11.1. The highest BCUT2D eigenvalue weighted by Crippen LogP contribution is 2.30. The molecule has 2 aromatic rings. The molecule has 1 aromatic carbocycles. The van der Waals surface area contributed by atoms with Crippen molar-refractivity contribution in [3.63, 3.8) is 0 Å². The maximum atomic E-state index is 14.0. The van der Waals surface area contributed by atoms with Gasteiger partial charge in [0.05, 0.1) is 23.7 Å². The number of nitrogens with one attached hydrogen (secondary N) is 1. The zero-order chi connectivity index (χ0) is 16.0. The van der Waals surface area contributed by atoms with E-state index < -0.39 is 0 Å². The van der Waals surface area contributed by atoms with Crippen LogP contribution in [-0.4, -0.2) is 17.7 Å². The Hall–Kier alpha value is -1.36. The Morgan fingerprint density at radius 3 is 2.79 bits per heavy atom. The van der Waals surface area contributed by atoms with E-state index >= 15 is 0 Å². The monoisotopic (exact) mass is 368 g/mol. The van der Waals surface area contributed by atoms with Gasteiger partial charge in [-0.25, -0.2) is 4.39 Å². The van der Waals surface area contributed by atoms with Gasteiger partial charge in [0.25, 0.3) is 5.56 Å². The topological polar surface area (TPSA) is 26.4 Å². The number of halogens is 3. The lowest BCUT2D eigenvalue weighted by Crippen LogP contribution is -3.13. The first-order valence-electron chi connectivity index (χ1n) is 8.08. The molecule has 24 heavy (non-hydrogen) atoms. The Kier molecular flexibility index (Phi) is 5.00. The SMILES string of the molecule is O=c1cccc2n1CC1CC2C[NH+](Cc2c(F)cccc2Cl)C1.[Cl-]. The van der Waals surface area contributed by atoms with Crippen molar-refractivity contribution in [3.05, 3.63) is 68.8 Å². The van der Waals surface area contributed by atoms with Gasteiger partial charge in [-0.2, -0.15) is 0 Å². The van der Waals surface area contributed by atoms with Crippen molar-refractivity contribution < 1.29 is 21.7 Å². The summed E-state index contributed by atoms with van der Waals surface area (Å²) in [6.45, 7) is 3.27. The van der Waals surface area contributed by atoms with E-state index in [1.807, 2.05) is 10.6 Å². The van der Waals surface area contributed by atoms with Gasteiger partial charge in [-0.1, -0.05) is 23.7 Å². The van der Waals surface area contributed by atoms with Crippen LogP contribution in [0.1, 0.15) is 23.6 Å². The van der Waals surface area contributed by atoms with Crippen LogP contribution in [-0.2, 0) is 13.1 Å². The first kappa shape index (κ1) is 17.5. The van der Waals surface area contributed by atoms with Crippen molar-refractivity contribution >= 4 is 11.6 Å². The van der Waals surface area contributed by atoms with E-state index in [-0.39, 0.29) is 23.8 Å². The molecule has 3 unspecified atom stereocenters. The Bertz CT molecular complexity index is 788. The van der Waals surface area contributed by atoms with E-state index in [9.17, 15) is 9.18 Å². The van der Waals surface area contributed by atoms with Crippen LogP contribution in [0.3, 0.4) is 0 Å². The second kappa shape index (κ2) is 6.87. The molecular formula is C18H19Cl2FN2O. The maximum Gasteiger partial charge on any atom is 0.250 e. The van der Waals surface area contributed by atoms with Crippen molar-refractivity contribution in [3.8, 4) is 0 Å². The quantitative estimate of drug-likeness (QED) is 0.711. The van der Waals surface area contributed by atoms with E-state index in [1.54, 1.807) is 18.2 Å². The molecular weight excluding hydrogens is 350 g/mol. The Balaban J connectivity index is 0.00000169. The molecule has 1 N–H and O–H groups in total. The number of nitrogens with zero attached hydrogens (tertiary/aromatic N) is 1. The summed E-state index contributed by atoms with van der Waals surface area (Å²) in [5.74, 6) is 0.621. The molecule has 3 atom stereocenters.